The Bertz CT molecular complexity index is 720. The molecule has 1 unspecified atom stereocenters. The lowest BCUT2D eigenvalue weighted by Crippen LogP contribution is -2.41. The maximum absolute atomic E-state index is 12.9. The molecule has 0 fully saturated rings. The lowest BCUT2D eigenvalue weighted by Gasteiger charge is -2.33. The minimum Gasteiger partial charge on any atom is -0.375 e. The van der Waals surface area contributed by atoms with Crippen molar-refractivity contribution < 1.29 is 13.2 Å². The summed E-state index contributed by atoms with van der Waals surface area (Å²) < 4.78 is 40.7. The van der Waals surface area contributed by atoms with Crippen LogP contribution in [0.1, 0.15) is 23.9 Å². The van der Waals surface area contributed by atoms with Crippen molar-refractivity contribution >= 4 is 22.1 Å². The van der Waals surface area contributed by atoms with E-state index in [0.29, 0.717) is 5.69 Å². The molecule has 0 saturated carbocycles. The number of nitrogens with zero attached hydrogens (tertiary/aromatic N) is 2. The number of halogens is 4. The second-order valence-corrected chi connectivity index (χ2v) is 5.87. The molecule has 21 heavy (non-hydrogen) atoms. The van der Waals surface area contributed by atoms with Crippen LogP contribution in [0.5, 0.6) is 0 Å². The summed E-state index contributed by atoms with van der Waals surface area (Å²) in [4.78, 5) is 0. The number of hydrogen-bond acceptors (Lipinski definition) is 2. The SMILES string of the molecule is CC1(c2cccc(Br)c2)NC=Cn2nc(C(F)(F)F)cc21. The molecule has 0 amide bonds. The Morgan fingerprint density at radius 2 is 2.05 bits per heavy atom. The number of alkyl halides is 3. The maximum Gasteiger partial charge on any atom is 0.435 e. The fourth-order valence-electron chi connectivity index (χ4n) is 2.40. The van der Waals surface area contributed by atoms with Gasteiger partial charge < -0.3 is 5.32 Å². The van der Waals surface area contributed by atoms with Crippen molar-refractivity contribution in [2.24, 2.45) is 0 Å². The van der Waals surface area contributed by atoms with Crippen LogP contribution in [0, 0.1) is 0 Å². The van der Waals surface area contributed by atoms with Gasteiger partial charge in [-0.3, -0.25) is 0 Å². The number of rotatable bonds is 1. The van der Waals surface area contributed by atoms with E-state index in [-0.39, 0.29) is 0 Å². The van der Waals surface area contributed by atoms with E-state index in [2.05, 4.69) is 26.3 Å². The number of hydrogen-bond donors (Lipinski definition) is 1. The third-order valence-electron chi connectivity index (χ3n) is 3.53. The van der Waals surface area contributed by atoms with E-state index in [4.69, 9.17) is 0 Å². The van der Waals surface area contributed by atoms with Crippen LogP contribution in [0.3, 0.4) is 0 Å². The number of benzene rings is 1. The van der Waals surface area contributed by atoms with Gasteiger partial charge in [0.1, 0.15) is 5.54 Å². The molecular weight excluding hydrogens is 347 g/mol. The molecule has 0 spiro atoms. The fraction of sp³-hybridized carbons (Fsp3) is 0.214. The normalized spacial score (nSPS) is 21.0. The van der Waals surface area contributed by atoms with Crippen LogP contribution in [0.25, 0.3) is 6.20 Å². The molecule has 0 saturated heterocycles. The third kappa shape index (κ3) is 2.35. The third-order valence-corrected chi connectivity index (χ3v) is 4.02. The molecule has 1 aliphatic rings. The molecule has 2 aromatic rings. The lowest BCUT2D eigenvalue weighted by molar-refractivity contribution is -0.141. The molecule has 1 atom stereocenters. The van der Waals surface area contributed by atoms with Crippen LogP contribution < -0.4 is 5.32 Å². The zero-order valence-electron chi connectivity index (χ0n) is 10.9. The Labute approximate surface area is 127 Å². The standard InChI is InChI=1S/C14H11BrF3N3/c1-13(9-3-2-4-10(15)7-9)12-8-11(14(16,17)18)20-21(12)6-5-19-13/h2-8,19H,1H3. The minimum absolute atomic E-state index is 0.440. The highest BCUT2D eigenvalue weighted by atomic mass is 79.9. The van der Waals surface area contributed by atoms with Crippen molar-refractivity contribution in [2.45, 2.75) is 18.6 Å². The summed E-state index contributed by atoms with van der Waals surface area (Å²) in [5.41, 5.74) is -0.395. The van der Waals surface area contributed by atoms with Crippen LogP contribution in [0.4, 0.5) is 13.2 Å². The van der Waals surface area contributed by atoms with E-state index >= 15 is 0 Å². The molecule has 110 valence electrons. The predicted octanol–water partition coefficient (Wildman–Crippen LogP) is 3.96. The largest absolute Gasteiger partial charge is 0.435 e. The minimum atomic E-state index is -4.46. The summed E-state index contributed by atoms with van der Waals surface area (Å²) in [7, 11) is 0. The second-order valence-electron chi connectivity index (χ2n) is 4.95. The van der Waals surface area contributed by atoms with E-state index in [1.165, 1.54) is 10.9 Å². The Kier molecular flexibility index (Phi) is 3.12. The summed E-state index contributed by atoms with van der Waals surface area (Å²) in [5.74, 6) is 0. The number of fused-ring (bicyclic) bond motifs is 1. The van der Waals surface area contributed by atoms with Gasteiger partial charge in [-0.05, 0) is 30.7 Å². The maximum atomic E-state index is 12.9. The van der Waals surface area contributed by atoms with Crippen LogP contribution in [-0.4, -0.2) is 9.78 Å². The monoisotopic (exact) mass is 357 g/mol. The molecule has 2 heterocycles. The van der Waals surface area contributed by atoms with Crippen LogP contribution in [-0.2, 0) is 11.7 Å². The van der Waals surface area contributed by atoms with Gasteiger partial charge in [0.2, 0.25) is 0 Å². The second kappa shape index (κ2) is 4.62. The topological polar surface area (TPSA) is 29.9 Å². The Balaban J connectivity index is 2.16. The van der Waals surface area contributed by atoms with Gasteiger partial charge >= 0.3 is 6.18 Å². The van der Waals surface area contributed by atoms with Crippen molar-refractivity contribution in [2.75, 3.05) is 0 Å². The highest BCUT2D eigenvalue weighted by Crippen LogP contribution is 2.36. The number of nitrogens with one attached hydrogen (secondary N) is 1. The summed E-state index contributed by atoms with van der Waals surface area (Å²) >= 11 is 3.38. The van der Waals surface area contributed by atoms with E-state index in [0.717, 1.165) is 16.1 Å². The summed E-state index contributed by atoms with van der Waals surface area (Å²) in [6.45, 7) is 1.83. The molecular formula is C14H11BrF3N3. The predicted molar refractivity (Wildman–Crippen MR) is 76.3 cm³/mol. The first-order valence-electron chi connectivity index (χ1n) is 6.18. The molecule has 1 N–H and O–H groups in total. The molecule has 0 aliphatic carbocycles. The van der Waals surface area contributed by atoms with Gasteiger partial charge in [0.05, 0.1) is 5.69 Å². The first-order valence-corrected chi connectivity index (χ1v) is 6.98. The lowest BCUT2D eigenvalue weighted by atomic mass is 9.87. The molecule has 0 bridgehead atoms. The van der Waals surface area contributed by atoms with E-state index in [1.54, 1.807) is 6.20 Å². The Morgan fingerprint density at radius 3 is 2.71 bits per heavy atom. The molecule has 3 nitrogen and oxygen atoms in total. The summed E-state index contributed by atoms with van der Waals surface area (Å²) in [6.07, 6.45) is -1.39. The van der Waals surface area contributed by atoms with Gasteiger partial charge in [-0.25, -0.2) is 4.68 Å². The van der Waals surface area contributed by atoms with Gasteiger partial charge in [0.25, 0.3) is 0 Å². The average molecular weight is 358 g/mol. The van der Waals surface area contributed by atoms with E-state index in [1.807, 2.05) is 31.2 Å². The van der Waals surface area contributed by atoms with Crippen molar-refractivity contribution in [3.63, 3.8) is 0 Å². The fourth-order valence-corrected chi connectivity index (χ4v) is 2.80. The quantitative estimate of drug-likeness (QED) is 0.837. The Morgan fingerprint density at radius 1 is 1.29 bits per heavy atom. The van der Waals surface area contributed by atoms with Gasteiger partial charge in [-0.15, -0.1) is 0 Å². The average Bonchev–Trinajstić information content (AvgIpc) is 2.84. The molecule has 7 heteroatoms. The molecule has 3 rings (SSSR count). The van der Waals surface area contributed by atoms with E-state index in [9.17, 15) is 13.2 Å². The van der Waals surface area contributed by atoms with Crippen LogP contribution in [0.2, 0.25) is 0 Å². The zero-order chi connectivity index (χ0) is 15.3. The molecule has 1 aromatic carbocycles. The van der Waals surface area contributed by atoms with Crippen molar-refractivity contribution in [3.8, 4) is 0 Å². The van der Waals surface area contributed by atoms with Gasteiger partial charge in [-0.1, -0.05) is 28.1 Å². The highest BCUT2D eigenvalue weighted by Gasteiger charge is 2.40. The van der Waals surface area contributed by atoms with Gasteiger partial charge in [0.15, 0.2) is 5.69 Å². The molecule has 1 aromatic heterocycles. The first-order chi connectivity index (χ1) is 9.80. The molecule has 0 radical (unpaired) electrons. The first kappa shape index (κ1) is 14.2. The smallest absolute Gasteiger partial charge is 0.375 e. The summed E-state index contributed by atoms with van der Waals surface area (Å²) in [6, 6.07) is 8.52. The van der Waals surface area contributed by atoms with Crippen LogP contribution in [0.15, 0.2) is 41.0 Å². The van der Waals surface area contributed by atoms with Crippen molar-refractivity contribution in [1.82, 2.24) is 15.1 Å². The van der Waals surface area contributed by atoms with Gasteiger partial charge in [0, 0.05) is 16.9 Å². The zero-order valence-corrected chi connectivity index (χ0v) is 12.5. The van der Waals surface area contributed by atoms with Crippen molar-refractivity contribution in [3.05, 3.63) is 58.0 Å². The summed E-state index contributed by atoms with van der Waals surface area (Å²) in [5, 5.41) is 6.75. The van der Waals surface area contributed by atoms with Gasteiger partial charge in [-0.2, -0.15) is 18.3 Å². The van der Waals surface area contributed by atoms with E-state index < -0.39 is 17.4 Å². The Hall–Kier alpha value is -1.76. The van der Waals surface area contributed by atoms with Crippen molar-refractivity contribution in [1.29, 1.82) is 0 Å². The molecule has 1 aliphatic heterocycles. The number of aromatic nitrogens is 2. The van der Waals surface area contributed by atoms with Crippen LogP contribution >= 0.6 is 15.9 Å². The highest BCUT2D eigenvalue weighted by molar-refractivity contribution is 9.10.